The molecule has 0 aliphatic carbocycles. The van der Waals surface area contributed by atoms with Crippen LogP contribution in [0.3, 0.4) is 0 Å². The SMILES string of the molecule is CCCNc1ncc(Cl)c(NC(CC)(CC)CC)n1. The monoisotopic (exact) mass is 284 g/mol. The minimum absolute atomic E-state index is 0.0556. The molecule has 0 unspecified atom stereocenters. The fourth-order valence-corrected chi connectivity index (χ4v) is 2.18. The van der Waals surface area contributed by atoms with Gasteiger partial charge in [-0.2, -0.15) is 4.98 Å². The van der Waals surface area contributed by atoms with Gasteiger partial charge in [0, 0.05) is 12.1 Å². The Bertz CT molecular complexity index is 383. The van der Waals surface area contributed by atoms with Gasteiger partial charge >= 0.3 is 0 Å². The first-order valence-corrected chi connectivity index (χ1v) is 7.53. The minimum atomic E-state index is 0.0556. The molecule has 0 radical (unpaired) electrons. The van der Waals surface area contributed by atoms with Crippen LogP contribution in [-0.2, 0) is 0 Å². The third-order valence-electron chi connectivity index (χ3n) is 3.69. The number of anilines is 2. The molecule has 0 aromatic carbocycles. The molecule has 0 bridgehead atoms. The van der Waals surface area contributed by atoms with E-state index in [1.54, 1.807) is 6.20 Å². The number of hydrogen-bond acceptors (Lipinski definition) is 4. The Labute approximate surface area is 121 Å². The molecular formula is C14H25ClN4. The van der Waals surface area contributed by atoms with Gasteiger partial charge in [0.05, 0.1) is 6.20 Å². The third-order valence-corrected chi connectivity index (χ3v) is 3.97. The molecule has 1 aromatic rings. The Hall–Kier alpha value is -1.03. The molecular weight excluding hydrogens is 260 g/mol. The smallest absolute Gasteiger partial charge is 0.224 e. The molecule has 1 heterocycles. The van der Waals surface area contributed by atoms with Gasteiger partial charge in [0.2, 0.25) is 5.95 Å². The van der Waals surface area contributed by atoms with E-state index in [0.717, 1.165) is 38.0 Å². The molecule has 0 aliphatic rings. The van der Waals surface area contributed by atoms with Crippen LogP contribution in [0.1, 0.15) is 53.4 Å². The van der Waals surface area contributed by atoms with Crippen molar-refractivity contribution in [1.82, 2.24) is 9.97 Å². The van der Waals surface area contributed by atoms with Crippen LogP contribution in [-0.4, -0.2) is 22.1 Å². The van der Waals surface area contributed by atoms with Crippen molar-refractivity contribution < 1.29 is 0 Å². The van der Waals surface area contributed by atoms with Gasteiger partial charge in [-0.25, -0.2) is 4.98 Å². The van der Waals surface area contributed by atoms with Gasteiger partial charge < -0.3 is 10.6 Å². The Morgan fingerprint density at radius 1 is 1.16 bits per heavy atom. The standard InChI is InChI=1S/C14H25ClN4/c1-5-9-16-13-17-10-11(15)12(18-13)19-14(6-2,7-3)8-4/h10H,5-9H2,1-4H3,(H2,16,17,18,19). The summed E-state index contributed by atoms with van der Waals surface area (Å²) in [6.07, 6.45) is 5.81. The van der Waals surface area contributed by atoms with Crippen molar-refractivity contribution in [2.45, 2.75) is 58.9 Å². The lowest BCUT2D eigenvalue weighted by atomic mass is 9.90. The molecule has 0 atom stereocenters. The van der Waals surface area contributed by atoms with E-state index in [-0.39, 0.29) is 5.54 Å². The number of hydrogen-bond donors (Lipinski definition) is 2. The molecule has 0 saturated heterocycles. The average Bonchev–Trinajstić information content (AvgIpc) is 2.45. The quantitative estimate of drug-likeness (QED) is 0.746. The number of nitrogens with one attached hydrogen (secondary N) is 2. The third kappa shape index (κ3) is 4.23. The van der Waals surface area contributed by atoms with Crippen LogP contribution in [0.25, 0.3) is 0 Å². The summed E-state index contributed by atoms with van der Waals surface area (Å²) in [5.41, 5.74) is 0.0556. The van der Waals surface area contributed by atoms with Gasteiger partial charge in [-0.3, -0.25) is 0 Å². The second-order valence-corrected chi connectivity index (χ2v) is 5.19. The van der Waals surface area contributed by atoms with E-state index in [0.29, 0.717) is 11.0 Å². The summed E-state index contributed by atoms with van der Waals surface area (Å²) >= 11 is 6.19. The van der Waals surface area contributed by atoms with Crippen LogP contribution in [0.4, 0.5) is 11.8 Å². The van der Waals surface area contributed by atoms with Crippen molar-refractivity contribution in [2.75, 3.05) is 17.2 Å². The summed E-state index contributed by atoms with van der Waals surface area (Å²) < 4.78 is 0. The van der Waals surface area contributed by atoms with Crippen LogP contribution in [0.2, 0.25) is 5.02 Å². The molecule has 108 valence electrons. The van der Waals surface area contributed by atoms with E-state index < -0.39 is 0 Å². The first-order chi connectivity index (χ1) is 9.10. The van der Waals surface area contributed by atoms with Gasteiger partial charge in [0.25, 0.3) is 0 Å². The number of halogens is 1. The molecule has 1 aromatic heterocycles. The average molecular weight is 285 g/mol. The predicted molar refractivity (Wildman–Crippen MR) is 83.0 cm³/mol. The van der Waals surface area contributed by atoms with Crippen molar-refractivity contribution in [3.63, 3.8) is 0 Å². The number of aromatic nitrogens is 2. The minimum Gasteiger partial charge on any atom is -0.363 e. The predicted octanol–water partition coefficient (Wildman–Crippen LogP) is 4.33. The highest BCUT2D eigenvalue weighted by atomic mass is 35.5. The zero-order valence-corrected chi connectivity index (χ0v) is 13.1. The highest BCUT2D eigenvalue weighted by Gasteiger charge is 2.25. The van der Waals surface area contributed by atoms with Crippen LogP contribution >= 0.6 is 11.6 Å². The maximum atomic E-state index is 6.19. The number of nitrogens with zero attached hydrogens (tertiary/aromatic N) is 2. The fourth-order valence-electron chi connectivity index (χ4n) is 2.04. The van der Waals surface area contributed by atoms with E-state index in [1.807, 2.05) is 0 Å². The Morgan fingerprint density at radius 2 is 1.79 bits per heavy atom. The Balaban J connectivity index is 2.92. The molecule has 19 heavy (non-hydrogen) atoms. The van der Waals surface area contributed by atoms with Crippen LogP contribution in [0.5, 0.6) is 0 Å². The van der Waals surface area contributed by atoms with Crippen molar-refractivity contribution in [3.8, 4) is 0 Å². The fraction of sp³-hybridized carbons (Fsp3) is 0.714. The highest BCUT2D eigenvalue weighted by molar-refractivity contribution is 6.32. The normalized spacial score (nSPS) is 11.4. The van der Waals surface area contributed by atoms with E-state index in [2.05, 4.69) is 48.3 Å². The summed E-state index contributed by atoms with van der Waals surface area (Å²) in [5, 5.41) is 7.26. The molecule has 0 aliphatic heterocycles. The Kier molecular flexibility index (Phi) is 6.35. The second-order valence-electron chi connectivity index (χ2n) is 4.78. The van der Waals surface area contributed by atoms with Gasteiger partial charge in [-0.05, 0) is 25.7 Å². The maximum absolute atomic E-state index is 6.19. The zero-order chi connectivity index (χ0) is 14.3. The van der Waals surface area contributed by atoms with Crippen molar-refractivity contribution in [2.24, 2.45) is 0 Å². The van der Waals surface area contributed by atoms with E-state index in [1.165, 1.54) is 0 Å². The lowest BCUT2D eigenvalue weighted by Gasteiger charge is -2.32. The van der Waals surface area contributed by atoms with Crippen LogP contribution < -0.4 is 10.6 Å². The first kappa shape index (κ1) is 16.0. The topological polar surface area (TPSA) is 49.8 Å². The largest absolute Gasteiger partial charge is 0.363 e. The van der Waals surface area contributed by atoms with E-state index in [9.17, 15) is 0 Å². The van der Waals surface area contributed by atoms with E-state index in [4.69, 9.17) is 11.6 Å². The molecule has 2 N–H and O–H groups in total. The highest BCUT2D eigenvalue weighted by Crippen LogP contribution is 2.28. The molecule has 0 saturated carbocycles. The maximum Gasteiger partial charge on any atom is 0.224 e. The summed E-state index contributed by atoms with van der Waals surface area (Å²) in [6, 6.07) is 0. The molecule has 0 amide bonds. The van der Waals surface area contributed by atoms with Crippen molar-refractivity contribution in [1.29, 1.82) is 0 Å². The van der Waals surface area contributed by atoms with Crippen molar-refractivity contribution in [3.05, 3.63) is 11.2 Å². The van der Waals surface area contributed by atoms with Crippen molar-refractivity contribution >= 4 is 23.4 Å². The van der Waals surface area contributed by atoms with E-state index >= 15 is 0 Å². The van der Waals surface area contributed by atoms with Crippen LogP contribution in [0.15, 0.2) is 6.20 Å². The molecule has 0 fully saturated rings. The summed E-state index contributed by atoms with van der Waals surface area (Å²) in [5.74, 6) is 1.35. The summed E-state index contributed by atoms with van der Waals surface area (Å²) in [7, 11) is 0. The molecule has 4 nitrogen and oxygen atoms in total. The summed E-state index contributed by atoms with van der Waals surface area (Å²) in [4.78, 5) is 8.66. The Morgan fingerprint density at radius 3 is 2.32 bits per heavy atom. The van der Waals surface area contributed by atoms with Crippen LogP contribution in [0, 0.1) is 0 Å². The lowest BCUT2D eigenvalue weighted by molar-refractivity contribution is 0.419. The molecule has 0 spiro atoms. The second kappa shape index (κ2) is 7.53. The molecule has 1 rings (SSSR count). The molecule has 5 heteroatoms. The van der Waals surface area contributed by atoms with Gasteiger partial charge in [0.1, 0.15) is 5.02 Å². The number of rotatable bonds is 8. The van der Waals surface area contributed by atoms with Gasteiger partial charge in [-0.15, -0.1) is 0 Å². The zero-order valence-electron chi connectivity index (χ0n) is 12.4. The van der Waals surface area contributed by atoms with Gasteiger partial charge in [-0.1, -0.05) is 39.3 Å². The summed E-state index contributed by atoms with van der Waals surface area (Å²) in [6.45, 7) is 9.53. The lowest BCUT2D eigenvalue weighted by Crippen LogP contribution is -2.36. The first-order valence-electron chi connectivity index (χ1n) is 7.15. The van der Waals surface area contributed by atoms with Gasteiger partial charge in [0.15, 0.2) is 5.82 Å².